The first-order valence-corrected chi connectivity index (χ1v) is 11.6. The van der Waals surface area contributed by atoms with E-state index in [9.17, 15) is 9.18 Å². The highest BCUT2D eigenvalue weighted by Gasteiger charge is 2.21. The zero-order valence-electron chi connectivity index (χ0n) is 19.4. The molecule has 1 aromatic rings. The molecular formula is C23H37FIN5O3. The molecule has 2 N–H and O–H groups in total. The number of nitrogens with zero attached hydrogens (tertiary/aromatic N) is 3. The zero-order chi connectivity index (χ0) is 22.6. The van der Waals surface area contributed by atoms with Crippen molar-refractivity contribution in [2.24, 2.45) is 4.99 Å². The average Bonchev–Trinajstić information content (AvgIpc) is 3.34. The van der Waals surface area contributed by atoms with Crippen LogP contribution in [0.2, 0.25) is 0 Å². The normalized spacial score (nSPS) is 18.7. The first-order chi connectivity index (χ1) is 15.7. The number of guanidine groups is 1. The topological polar surface area (TPSA) is 78.4 Å². The standard InChI is InChI=1S/C23H36FN5O3.HI/c1-25-23(26-10-3-16-31-18-21-4-2-17-32-21)27-11-9-22(30)29-14-12-28(13-15-29)20-7-5-19(24)6-8-20;/h5-8,21H,2-4,9-18H2,1H3,(H2,25,26,27);1H. The van der Waals surface area contributed by atoms with Crippen LogP contribution in [0.3, 0.4) is 0 Å². The van der Waals surface area contributed by atoms with Crippen LogP contribution in [-0.2, 0) is 14.3 Å². The van der Waals surface area contributed by atoms with Crippen molar-refractivity contribution >= 4 is 41.5 Å². The molecule has 1 unspecified atom stereocenters. The van der Waals surface area contributed by atoms with E-state index in [2.05, 4.69) is 20.5 Å². The van der Waals surface area contributed by atoms with Crippen molar-refractivity contribution in [2.45, 2.75) is 31.8 Å². The highest BCUT2D eigenvalue weighted by atomic mass is 127. The number of carbonyl (C=O) groups excluding carboxylic acids is 1. The fourth-order valence-corrected chi connectivity index (χ4v) is 3.90. The van der Waals surface area contributed by atoms with Crippen molar-refractivity contribution in [3.63, 3.8) is 0 Å². The molecule has 0 aliphatic carbocycles. The number of aliphatic imine (C=N–C) groups is 1. The van der Waals surface area contributed by atoms with Gasteiger partial charge in [0.15, 0.2) is 5.96 Å². The Morgan fingerprint density at radius 3 is 2.58 bits per heavy atom. The third-order valence-electron chi connectivity index (χ3n) is 5.76. The van der Waals surface area contributed by atoms with Crippen molar-refractivity contribution < 1.29 is 18.7 Å². The fourth-order valence-electron chi connectivity index (χ4n) is 3.90. The van der Waals surface area contributed by atoms with Gasteiger partial charge in [-0.2, -0.15) is 0 Å². The number of carbonyl (C=O) groups is 1. The summed E-state index contributed by atoms with van der Waals surface area (Å²) in [5.41, 5.74) is 0.993. The van der Waals surface area contributed by atoms with Gasteiger partial charge >= 0.3 is 0 Å². The molecule has 1 aromatic carbocycles. The minimum absolute atomic E-state index is 0. The number of nitrogens with one attached hydrogen (secondary N) is 2. The number of rotatable bonds is 10. The summed E-state index contributed by atoms with van der Waals surface area (Å²) < 4.78 is 24.3. The van der Waals surface area contributed by atoms with Crippen molar-refractivity contribution in [2.75, 3.05) is 71.0 Å². The van der Waals surface area contributed by atoms with Crippen LogP contribution in [0.1, 0.15) is 25.7 Å². The molecule has 0 bridgehead atoms. The Labute approximate surface area is 213 Å². The van der Waals surface area contributed by atoms with E-state index in [0.29, 0.717) is 45.2 Å². The zero-order valence-corrected chi connectivity index (χ0v) is 21.8. The second-order valence-corrected chi connectivity index (χ2v) is 8.08. The second kappa shape index (κ2) is 15.3. The number of halogens is 2. The fraction of sp³-hybridized carbons (Fsp3) is 0.652. The van der Waals surface area contributed by atoms with Crippen LogP contribution in [0, 0.1) is 5.82 Å². The van der Waals surface area contributed by atoms with E-state index >= 15 is 0 Å². The Bertz CT molecular complexity index is 723. The van der Waals surface area contributed by atoms with Gasteiger partial charge in [0.25, 0.3) is 0 Å². The quantitative estimate of drug-likeness (QED) is 0.192. The number of hydrogen-bond donors (Lipinski definition) is 2. The van der Waals surface area contributed by atoms with Gasteiger partial charge in [0.2, 0.25) is 5.91 Å². The van der Waals surface area contributed by atoms with Gasteiger partial charge in [-0.05, 0) is 43.5 Å². The predicted molar refractivity (Wildman–Crippen MR) is 139 cm³/mol. The maximum Gasteiger partial charge on any atom is 0.224 e. The summed E-state index contributed by atoms with van der Waals surface area (Å²) in [5, 5.41) is 6.45. The Kier molecular flexibility index (Phi) is 12.8. The molecule has 0 aromatic heterocycles. The first kappa shape index (κ1) is 27.6. The van der Waals surface area contributed by atoms with Gasteiger partial charge in [0, 0.05) is 71.6 Å². The highest BCUT2D eigenvalue weighted by molar-refractivity contribution is 14.0. The Morgan fingerprint density at radius 1 is 1.18 bits per heavy atom. The van der Waals surface area contributed by atoms with Crippen LogP contribution < -0.4 is 15.5 Å². The maximum atomic E-state index is 13.1. The predicted octanol–water partition coefficient (Wildman–Crippen LogP) is 2.23. The molecule has 2 saturated heterocycles. The molecule has 10 heteroatoms. The Hall–Kier alpha value is -1.66. The molecule has 8 nitrogen and oxygen atoms in total. The van der Waals surface area contributed by atoms with Crippen molar-refractivity contribution in [1.29, 1.82) is 0 Å². The van der Waals surface area contributed by atoms with Gasteiger partial charge in [-0.1, -0.05) is 0 Å². The largest absolute Gasteiger partial charge is 0.379 e. The van der Waals surface area contributed by atoms with E-state index in [1.165, 1.54) is 12.1 Å². The number of anilines is 1. The first-order valence-electron chi connectivity index (χ1n) is 11.6. The molecular weight excluding hydrogens is 540 g/mol. The molecule has 2 aliphatic heterocycles. The molecule has 2 heterocycles. The Balaban J connectivity index is 0.00000385. The number of benzene rings is 1. The second-order valence-electron chi connectivity index (χ2n) is 8.08. The van der Waals surface area contributed by atoms with Crippen molar-refractivity contribution in [3.8, 4) is 0 Å². The van der Waals surface area contributed by atoms with Gasteiger partial charge in [0.05, 0.1) is 12.7 Å². The van der Waals surface area contributed by atoms with E-state index < -0.39 is 0 Å². The summed E-state index contributed by atoms with van der Waals surface area (Å²) in [4.78, 5) is 20.8. The van der Waals surface area contributed by atoms with Crippen LogP contribution in [0.25, 0.3) is 0 Å². The highest BCUT2D eigenvalue weighted by Crippen LogP contribution is 2.17. The monoisotopic (exact) mass is 577 g/mol. The molecule has 3 rings (SSSR count). The lowest BCUT2D eigenvalue weighted by atomic mass is 10.2. The summed E-state index contributed by atoms with van der Waals surface area (Å²) in [7, 11) is 1.72. The van der Waals surface area contributed by atoms with Crippen LogP contribution in [-0.4, -0.2) is 89.0 Å². The molecule has 2 aliphatic rings. The minimum atomic E-state index is -0.234. The summed E-state index contributed by atoms with van der Waals surface area (Å²) >= 11 is 0. The smallest absolute Gasteiger partial charge is 0.224 e. The molecule has 1 atom stereocenters. The lowest BCUT2D eigenvalue weighted by molar-refractivity contribution is -0.131. The number of ether oxygens (including phenoxy) is 2. The van der Waals surface area contributed by atoms with Gasteiger partial charge in [-0.25, -0.2) is 4.39 Å². The van der Waals surface area contributed by atoms with Crippen LogP contribution in [0.5, 0.6) is 0 Å². The lowest BCUT2D eigenvalue weighted by Crippen LogP contribution is -2.49. The van der Waals surface area contributed by atoms with Crippen molar-refractivity contribution in [3.05, 3.63) is 30.1 Å². The Morgan fingerprint density at radius 2 is 1.91 bits per heavy atom. The van der Waals surface area contributed by atoms with Gasteiger partial charge < -0.3 is 29.9 Å². The van der Waals surface area contributed by atoms with E-state index in [-0.39, 0.29) is 41.8 Å². The molecule has 0 radical (unpaired) electrons. The molecule has 33 heavy (non-hydrogen) atoms. The number of piperazine rings is 1. The molecule has 0 spiro atoms. The molecule has 0 saturated carbocycles. The van der Waals surface area contributed by atoms with Gasteiger partial charge in [0.1, 0.15) is 5.82 Å². The molecule has 2 fully saturated rings. The number of amides is 1. The van der Waals surface area contributed by atoms with Gasteiger partial charge in [-0.3, -0.25) is 9.79 Å². The third-order valence-corrected chi connectivity index (χ3v) is 5.76. The maximum absolute atomic E-state index is 13.1. The lowest BCUT2D eigenvalue weighted by Gasteiger charge is -2.36. The third kappa shape index (κ3) is 9.62. The molecule has 186 valence electrons. The summed E-state index contributed by atoms with van der Waals surface area (Å²) in [6.07, 6.45) is 3.79. The van der Waals surface area contributed by atoms with Crippen LogP contribution in [0.4, 0.5) is 10.1 Å². The van der Waals surface area contributed by atoms with Gasteiger partial charge in [-0.15, -0.1) is 24.0 Å². The van der Waals surface area contributed by atoms with E-state index in [1.807, 2.05) is 4.90 Å². The van der Waals surface area contributed by atoms with Crippen LogP contribution in [0.15, 0.2) is 29.3 Å². The van der Waals surface area contributed by atoms with E-state index in [4.69, 9.17) is 9.47 Å². The van der Waals surface area contributed by atoms with E-state index in [1.54, 1.807) is 19.2 Å². The van der Waals surface area contributed by atoms with Crippen molar-refractivity contribution in [1.82, 2.24) is 15.5 Å². The summed E-state index contributed by atoms with van der Waals surface area (Å²) in [6.45, 7) is 6.36. The summed E-state index contributed by atoms with van der Waals surface area (Å²) in [5.74, 6) is 0.592. The van der Waals surface area contributed by atoms with Crippen LogP contribution >= 0.6 is 24.0 Å². The summed E-state index contributed by atoms with van der Waals surface area (Å²) in [6, 6.07) is 6.51. The average molecular weight is 577 g/mol. The molecule has 1 amide bonds. The van der Waals surface area contributed by atoms with E-state index in [0.717, 1.165) is 51.2 Å². The SMILES string of the molecule is CN=C(NCCCOCC1CCCO1)NCCC(=O)N1CCN(c2ccc(F)cc2)CC1.I. The number of hydrogen-bond acceptors (Lipinski definition) is 5. The minimum Gasteiger partial charge on any atom is -0.379 e.